The molecule has 2 aromatic heterocycles. The van der Waals surface area contributed by atoms with Crippen LogP contribution in [0.3, 0.4) is 0 Å². The number of rotatable bonds is 18. The minimum Gasteiger partial charge on any atom is -0.465 e. The zero-order valence-corrected chi connectivity index (χ0v) is 31.2. The summed E-state index contributed by atoms with van der Waals surface area (Å²) >= 11 is 0. The highest BCUT2D eigenvalue weighted by molar-refractivity contribution is 7.54. The molecule has 1 saturated carbocycles. The summed E-state index contributed by atoms with van der Waals surface area (Å²) in [6, 6.07) is 15.9. The highest BCUT2D eigenvalue weighted by Gasteiger charge is 2.54. The fourth-order valence-corrected chi connectivity index (χ4v) is 8.05. The summed E-state index contributed by atoms with van der Waals surface area (Å²) in [5.74, 6) is -0.992. The number of ether oxygens (including phenoxy) is 3. The van der Waals surface area contributed by atoms with Gasteiger partial charge in [0.2, 0.25) is 5.95 Å². The number of aliphatic hydroxyl groups excluding tert-OH is 1. The van der Waals surface area contributed by atoms with Gasteiger partial charge < -0.3 is 40.0 Å². The lowest BCUT2D eigenvalue weighted by molar-refractivity contribution is -0.145. The van der Waals surface area contributed by atoms with Crippen LogP contribution in [-0.4, -0.2) is 97.4 Å². The molecule has 4 aromatic rings. The normalized spacial score (nSPS) is 22.5. The molecule has 1 aliphatic heterocycles. The molecule has 0 radical (unpaired) electrons. The molecule has 3 heterocycles. The minimum absolute atomic E-state index is 0.0260. The topological polar surface area (TPSA) is 234 Å². The van der Waals surface area contributed by atoms with Crippen molar-refractivity contribution in [1.29, 1.82) is 0 Å². The van der Waals surface area contributed by atoms with E-state index in [-0.39, 0.29) is 43.7 Å². The molecule has 0 unspecified atom stereocenters. The molecule has 17 nitrogen and oxygen atoms in total. The Morgan fingerprint density at radius 1 is 0.981 bits per heavy atom. The number of hydrogen-bond donors (Lipinski definition) is 6. The van der Waals surface area contributed by atoms with E-state index in [1.165, 1.54) is 17.8 Å². The lowest BCUT2D eigenvalue weighted by Gasteiger charge is -2.30. The third-order valence-electron chi connectivity index (χ3n) is 9.14. The van der Waals surface area contributed by atoms with Crippen LogP contribution in [0.15, 0.2) is 67.0 Å². The Hall–Kier alpha value is -4.48. The number of nitrogens with one attached hydrogen (secondary N) is 3. The van der Waals surface area contributed by atoms with Gasteiger partial charge in [-0.2, -0.15) is 9.97 Å². The average molecular weight is 767 g/mol. The van der Waals surface area contributed by atoms with E-state index in [0.717, 1.165) is 24.0 Å². The Bertz CT molecular complexity index is 1880. The second kappa shape index (κ2) is 16.9. The average Bonchev–Trinajstić information content (AvgIpc) is 3.82. The highest BCUT2D eigenvalue weighted by atomic mass is 31.2. The number of aliphatic hydroxyl groups is 2. The summed E-state index contributed by atoms with van der Waals surface area (Å²) in [6.07, 6.45) is -0.604. The first kappa shape index (κ1) is 39.2. The van der Waals surface area contributed by atoms with Crippen molar-refractivity contribution in [3.63, 3.8) is 0 Å². The van der Waals surface area contributed by atoms with Gasteiger partial charge in [-0.05, 0) is 57.6 Å². The molecule has 2 aromatic carbocycles. The summed E-state index contributed by atoms with van der Waals surface area (Å²) in [6.45, 7) is 4.23. The number of nitrogen functional groups attached to an aromatic ring is 1. The SMILES string of the molecule is CCOC(=O)[C@H](Cc1ccccc1)NP(=O)(N[C@@H](Cc1ccccc1)C(=O)OCC)OC[C@H]1O[C@@H](n2cnc3c(NC4CC4)nc(N)nc32)[C@](C)(O)[C@@H]1O. The molecule has 18 heteroatoms. The van der Waals surface area contributed by atoms with Crippen molar-refractivity contribution in [3.8, 4) is 0 Å². The van der Waals surface area contributed by atoms with E-state index in [9.17, 15) is 24.4 Å². The van der Waals surface area contributed by atoms with E-state index in [1.807, 2.05) is 12.1 Å². The number of carbonyl (C=O) groups is 2. The standard InChI is InChI=1S/C36H47N8O9P/c1-4-50-32(46)25(18-22-12-8-6-9-13-22)42-54(49,43-26(33(47)51-5-2)19-23-14-10-7-11-15-23)52-20-27-29(45)36(3,48)34(53-27)44-21-38-28-30(39-24-16-17-24)40-35(37)41-31(28)44/h6-15,21,24-27,29,34,45,48H,4-5,16-20H2,1-3H3,(H2,42,43,49)(H3,37,39,40,41)/t25-,26-,27+,29+,34+,36+/m0/s1. The maximum absolute atomic E-state index is 15.0. The number of anilines is 2. The van der Waals surface area contributed by atoms with Gasteiger partial charge in [0, 0.05) is 6.04 Å². The van der Waals surface area contributed by atoms with E-state index in [4.69, 9.17) is 24.5 Å². The molecular weight excluding hydrogens is 719 g/mol. The second-order valence-corrected chi connectivity index (χ2v) is 15.3. The highest BCUT2D eigenvalue weighted by Crippen LogP contribution is 2.45. The third-order valence-corrected chi connectivity index (χ3v) is 11.0. The number of hydrogen-bond acceptors (Lipinski definition) is 14. The summed E-state index contributed by atoms with van der Waals surface area (Å²) in [5, 5.41) is 32.0. The number of fused-ring (bicyclic) bond motifs is 1. The van der Waals surface area contributed by atoms with Gasteiger partial charge in [-0.15, -0.1) is 0 Å². The van der Waals surface area contributed by atoms with Gasteiger partial charge >= 0.3 is 19.6 Å². The van der Waals surface area contributed by atoms with E-state index in [1.54, 1.807) is 62.4 Å². The first-order valence-corrected chi connectivity index (χ1v) is 19.6. The number of aromatic nitrogens is 4. The Balaban J connectivity index is 1.29. The molecule has 0 bridgehead atoms. The van der Waals surface area contributed by atoms with Crippen molar-refractivity contribution in [2.24, 2.45) is 0 Å². The first-order chi connectivity index (χ1) is 25.9. The van der Waals surface area contributed by atoms with E-state index in [0.29, 0.717) is 11.3 Å². The van der Waals surface area contributed by atoms with Crippen LogP contribution >= 0.6 is 7.67 Å². The third kappa shape index (κ3) is 9.24. The maximum Gasteiger partial charge on any atom is 0.342 e. The molecule has 1 aliphatic carbocycles. The van der Waals surface area contributed by atoms with Gasteiger partial charge in [-0.1, -0.05) is 60.7 Å². The van der Waals surface area contributed by atoms with E-state index < -0.39 is 62.3 Å². The van der Waals surface area contributed by atoms with Crippen LogP contribution in [-0.2, 0) is 45.7 Å². The van der Waals surface area contributed by atoms with Crippen molar-refractivity contribution >= 4 is 42.5 Å². The van der Waals surface area contributed by atoms with Gasteiger partial charge in [-0.3, -0.25) is 18.7 Å². The predicted octanol–water partition coefficient (Wildman–Crippen LogP) is 2.64. The van der Waals surface area contributed by atoms with Crippen LogP contribution in [0, 0.1) is 0 Å². The van der Waals surface area contributed by atoms with E-state index in [2.05, 4.69) is 30.4 Å². The molecule has 2 fully saturated rings. The van der Waals surface area contributed by atoms with Crippen molar-refractivity contribution in [1.82, 2.24) is 29.7 Å². The zero-order valence-electron chi connectivity index (χ0n) is 30.3. The van der Waals surface area contributed by atoms with Crippen LogP contribution in [0.25, 0.3) is 11.2 Å². The summed E-state index contributed by atoms with van der Waals surface area (Å²) in [5.41, 5.74) is 6.24. The molecule has 1 saturated heterocycles. The fraction of sp³-hybridized carbons (Fsp3) is 0.472. The number of imidazole rings is 1. The minimum atomic E-state index is -4.46. The molecule has 6 rings (SSSR count). The quantitative estimate of drug-likeness (QED) is 0.0631. The number of nitrogens with two attached hydrogens (primary N) is 1. The van der Waals surface area contributed by atoms with Crippen LogP contribution < -0.4 is 21.2 Å². The Labute approximate surface area is 312 Å². The maximum atomic E-state index is 15.0. The van der Waals surface area contributed by atoms with E-state index >= 15 is 0 Å². The van der Waals surface area contributed by atoms with Crippen molar-refractivity contribution in [2.45, 2.75) is 88.6 Å². The molecule has 0 spiro atoms. The fourth-order valence-electron chi connectivity index (χ4n) is 6.25. The van der Waals surface area contributed by atoms with Crippen molar-refractivity contribution in [3.05, 3.63) is 78.1 Å². The van der Waals surface area contributed by atoms with Crippen molar-refractivity contribution in [2.75, 3.05) is 30.9 Å². The first-order valence-electron chi connectivity index (χ1n) is 17.9. The van der Waals surface area contributed by atoms with Crippen LogP contribution in [0.2, 0.25) is 0 Å². The molecule has 7 N–H and O–H groups in total. The number of nitrogens with zero attached hydrogens (tertiary/aromatic N) is 4. The molecule has 54 heavy (non-hydrogen) atoms. The van der Waals surface area contributed by atoms with Gasteiger partial charge in [0.1, 0.15) is 29.9 Å². The molecule has 290 valence electrons. The number of carbonyl (C=O) groups excluding carboxylic acids is 2. The van der Waals surface area contributed by atoms with Gasteiger partial charge in [-0.25, -0.2) is 15.2 Å². The number of esters is 2. The van der Waals surface area contributed by atoms with Crippen LogP contribution in [0.4, 0.5) is 11.8 Å². The van der Waals surface area contributed by atoms with Crippen LogP contribution in [0.1, 0.15) is 51.0 Å². The van der Waals surface area contributed by atoms with Gasteiger partial charge in [0.15, 0.2) is 23.2 Å². The molecule has 2 aliphatic rings. The smallest absolute Gasteiger partial charge is 0.342 e. The monoisotopic (exact) mass is 766 g/mol. The predicted molar refractivity (Wildman–Crippen MR) is 198 cm³/mol. The summed E-state index contributed by atoms with van der Waals surface area (Å²) in [4.78, 5) is 39.7. The Kier molecular flexibility index (Phi) is 12.3. The lowest BCUT2D eigenvalue weighted by Crippen LogP contribution is -2.47. The molecular formula is C36H47N8O9P. The zero-order chi connectivity index (χ0) is 38.5. The summed E-state index contributed by atoms with van der Waals surface area (Å²) < 4.78 is 39.4. The largest absolute Gasteiger partial charge is 0.465 e. The lowest BCUT2D eigenvalue weighted by atomic mass is 9.96. The molecule has 6 atom stereocenters. The van der Waals surface area contributed by atoms with Crippen LogP contribution in [0.5, 0.6) is 0 Å². The van der Waals surface area contributed by atoms with Gasteiger partial charge in [0.25, 0.3) is 0 Å². The Morgan fingerprint density at radius 2 is 1.54 bits per heavy atom. The van der Waals surface area contributed by atoms with Crippen molar-refractivity contribution < 1.29 is 43.1 Å². The summed E-state index contributed by atoms with van der Waals surface area (Å²) in [7, 11) is -4.46. The number of benzene rings is 2. The molecule has 0 amide bonds. The van der Waals surface area contributed by atoms with Gasteiger partial charge in [0.05, 0.1) is 26.1 Å². The second-order valence-electron chi connectivity index (χ2n) is 13.5. The Morgan fingerprint density at radius 3 is 2.06 bits per heavy atom.